The second-order valence-electron chi connectivity index (χ2n) is 7.93. The summed E-state index contributed by atoms with van der Waals surface area (Å²) in [6, 6.07) is 3.23. The van der Waals surface area contributed by atoms with Crippen molar-refractivity contribution in [1.82, 2.24) is 4.90 Å². The lowest BCUT2D eigenvalue weighted by molar-refractivity contribution is -0.133. The lowest BCUT2D eigenvalue weighted by Gasteiger charge is -2.29. The van der Waals surface area contributed by atoms with Gasteiger partial charge in [-0.2, -0.15) is 0 Å². The third-order valence-electron chi connectivity index (χ3n) is 5.52. The van der Waals surface area contributed by atoms with Crippen LogP contribution >= 0.6 is 0 Å². The van der Waals surface area contributed by atoms with Gasteiger partial charge < -0.3 is 20.7 Å². The van der Waals surface area contributed by atoms with Crippen LogP contribution in [0.2, 0.25) is 0 Å². The van der Waals surface area contributed by atoms with Crippen LogP contribution in [0, 0.1) is 11.7 Å². The van der Waals surface area contributed by atoms with Crippen molar-refractivity contribution >= 4 is 29.1 Å². The van der Waals surface area contributed by atoms with E-state index >= 15 is 0 Å². The van der Waals surface area contributed by atoms with Gasteiger partial charge in [0, 0.05) is 24.8 Å². The van der Waals surface area contributed by atoms with Gasteiger partial charge in [0.25, 0.3) is 11.8 Å². The number of nitrogens with zero attached hydrogens (tertiary/aromatic N) is 2. The smallest absolute Gasteiger partial charge is 0.253 e. The lowest BCUT2D eigenvalue weighted by Crippen LogP contribution is -2.53. The summed E-state index contributed by atoms with van der Waals surface area (Å²) in [5.74, 6) is -1.70. The minimum atomic E-state index is -1.08. The van der Waals surface area contributed by atoms with Crippen molar-refractivity contribution < 1.29 is 23.5 Å². The van der Waals surface area contributed by atoms with Crippen molar-refractivity contribution in [2.45, 2.75) is 37.8 Å². The fourth-order valence-electron chi connectivity index (χ4n) is 3.70. The van der Waals surface area contributed by atoms with Gasteiger partial charge in [0.2, 0.25) is 5.91 Å². The molecular weight excluding hydrogens is 379 g/mol. The van der Waals surface area contributed by atoms with E-state index in [1.165, 1.54) is 17.0 Å². The first-order valence-corrected chi connectivity index (χ1v) is 9.97. The molecule has 2 aliphatic carbocycles. The second-order valence-corrected chi connectivity index (χ2v) is 7.93. The normalized spacial score (nSPS) is 20.6. The quantitative estimate of drug-likeness (QED) is 0.625. The number of nitrogens with two attached hydrogens (primary N) is 1. The fourth-order valence-corrected chi connectivity index (χ4v) is 3.70. The molecule has 1 aromatic rings. The molecule has 0 spiro atoms. The van der Waals surface area contributed by atoms with E-state index in [0.717, 1.165) is 31.7 Å². The van der Waals surface area contributed by atoms with E-state index in [-0.39, 0.29) is 36.5 Å². The molecule has 29 heavy (non-hydrogen) atoms. The molecule has 4 rings (SSSR count). The van der Waals surface area contributed by atoms with Gasteiger partial charge in [-0.1, -0.05) is 0 Å². The highest BCUT2D eigenvalue weighted by Crippen LogP contribution is 2.36. The maximum Gasteiger partial charge on any atom is 0.253 e. The van der Waals surface area contributed by atoms with E-state index in [1.54, 1.807) is 0 Å². The third kappa shape index (κ3) is 4.56. The molecule has 156 valence electrons. The molecular formula is C20H25FN4O4. The highest BCUT2D eigenvalue weighted by molar-refractivity contribution is 6.09. The van der Waals surface area contributed by atoms with Crippen molar-refractivity contribution in [1.29, 1.82) is 0 Å². The van der Waals surface area contributed by atoms with Gasteiger partial charge in [0.1, 0.15) is 12.4 Å². The molecule has 8 nitrogen and oxygen atoms in total. The number of primary amides is 1. The predicted molar refractivity (Wildman–Crippen MR) is 104 cm³/mol. The van der Waals surface area contributed by atoms with Crippen LogP contribution in [-0.2, 0) is 19.1 Å². The number of hydrogen-bond donors (Lipinski definition) is 2. The van der Waals surface area contributed by atoms with E-state index in [0.29, 0.717) is 19.1 Å². The number of ether oxygens (including phenoxy) is 1. The average Bonchev–Trinajstić information content (AvgIpc) is 3.56. The molecule has 0 unspecified atom stereocenters. The minimum Gasteiger partial charge on any atom is -0.370 e. The minimum absolute atomic E-state index is 0.0871. The monoisotopic (exact) mass is 404 g/mol. The van der Waals surface area contributed by atoms with Crippen LogP contribution < -0.4 is 16.0 Å². The zero-order valence-electron chi connectivity index (χ0n) is 16.1. The Hall–Kier alpha value is -2.52. The Labute approximate surface area is 168 Å². The molecule has 3 amide bonds. The molecule has 2 saturated carbocycles. The third-order valence-corrected chi connectivity index (χ3v) is 5.52. The number of nitrogens with one attached hydrogen (secondary N) is 1. The Morgan fingerprint density at radius 1 is 1.31 bits per heavy atom. The molecule has 9 heteroatoms. The molecule has 1 aliphatic heterocycles. The molecule has 3 fully saturated rings. The van der Waals surface area contributed by atoms with E-state index in [9.17, 15) is 18.8 Å². The first-order chi connectivity index (χ1) is 13.9. The van der Waals surface area contributed by atoms with Gasteiger partial charge in [-0.05, 0) is 49.8 Å². The van der Waals surface area contributed by atoms with Crippen molar-refractivity contribution in [3.05, 3.63) is 24.0 Å². The van der Waals surface area contributed by atoms with Gasteiger partial charge in [-0.25, -0.2) is 4.39 Å². The predicted octanol–water partition coefficient (Wildman–Crippen LogP) is 0.856. The molecule has 1 atom stereocenters. The SMILES string of the molecule is NC(=O)[C@H](C(=O)Nc1ccc(N2CCOCC2=O)c(F)c1)N(CC1CC1)C1CC1. The Balaban J connectivity index is 1.48. The van der Waals surface area contributed by atoms with Crippen LogP contribution in [0.5, 0.6) is 0 Å². The first-order valence-electron chi connectivity index (χ1n) is 9.97. The molecule has 0 radical (unpaired) electrons. The fraction of sp³-hybridized carbons (Fsp3) is 0.550. The van der Waals surface area contributed by atoms with Crippen molar-refractivity contribution in [2.24, 2.45) is 11.7 Å². The van der Waals surface area contributed by atoms with Crippen LogP contribution in [-0.4, -0.2) is 61.0 Å². The molecule has 0 bridgehead atoms. The van der Waals surface area contributed by atoms with E-state index in [1.807, 2.05) is 4.90 Å². The summed E-state index contributed by atoms with van der Waals surface area (Å²) >= 11 is 0. The van der Waals surface area contributed by atoms with Gasteiger partial charge in [-0.15, -0.1) is 0 Å². The number of halogens is 1. The Kier molecular flexibility index (Phi) is 5.51. The van der Waals surface area contributed by atoms with Crippen molar-refractivity contribution in [2.75, 3.05) is 36.5 Å². The zero-order valence-corrected chi connectivity index (χ0v) is 16.1. The van der Waals surface area contributed by atoms with Crippen LogP contribution in [0.1, 0.15) is 25.7 Å². The number of morpholine rings is 1. The summed E-state index contributed by atoms with van der Waals surface area (Å²) in [6.07, 6.45) is 4.09. The van der Waals surface area contributed by atoms with Gasteiger partial charge in [0.15, 0.2) is 6.04 Å². The Morgan fingerprint density at radius 3 is 2.66 bits per heavy atom. The van der Waals surface area contributed by atoms with Gasteiger partial charge in [-0.3, -0.25) is 19.3 Å². The maximum absolute atomic E-state index is 14.6. The largest absolute Gasteiger partial charge is 0.370 e. The topological polar surface area (TPSA) is 105 Å². The summed E-state index contributed by atoms with van der Waals surface area (Å²) in [5.41, 5.74) is 5.90. The number of benzene rings is 1. The lowest BCUT2D eigenvalue weighted by atomic mass is 10.1. The Morgan fingerprint density at radius 2 is 2.07 bits per heavy atom. The summed E-state index contributed by atoms with van der Waals surface area (Å²) in [5, 5.41) is 2.61. The molecule has 0 aromatic heterocycles. The zero-order chi connectivity index (χ0) is 20.5. The van der Waals surface area contributed by atoms with Crippen LogP contribution in [0.15, 0.2) is 18.2 Å². The van der Waals surface area contributed by atoms with Gasteiger partial charge in [0.05, 0.1) is 12.3 Å². The summed E-state index contributed by atoms with van der Waals surface area (Å²) < 4.78 is 19.7. The van der Waals surface area contributed by atoms with Crippen molar-refractivity contribution in [3.63, 3.8) is 0 Å². The molecule has 3 N–H and O–H groups in total. The van der Waals surface area contributed by atoms with Gasteiger partial charge >= 0.3 is 0 Å². The summed E-state index contributed by atoms with van der Waals surface area (Å²) in [6.45, 7) is 1.19. The summed E-state index contributed by atoms with van der Waals surface area (Å²) in [7, 11) is 0. The maximum atomic E-state index is 14.6. The van der Waals surface area contributed by atoms with E-state index < -0.39 is 23.7 Å². The number of carbonyl (C=O) groups is 3. The van der Waals surface area contributed by atoms with E-state index in [4.69, 9.17) is 10.5 Å². The van der Waals surface area contributed by atoms with E-state index in [2.05, 4.69) is 5.32 Å². The highest BCUT2D eigenvalue weighted by atomic mass is 19.1. The Bertz CT molecular complexity index is 825. The number of anilines is 2. The number of hydrogen-bond acceptors (Lipinski definition) is 5. The van der Waals surface area contributed by atoms with Crippen LogP contribution in [0.25, 0.3) is 0 Å². The number of rotatable bonds is 8. The molecule has 1 heterocycles. The van der Waals surface area contributed by atoms with Crippen LogP contribution in [0.4, 0.5) is 15.8 Å². The standard InChI is InChI=1S/C20H25FN4O4/c21-15-9-13(3-6-16(15)24-7-8-29-11-17(24)26)23-20(28)18(19(22)27)25(14-4-5-14)10-12-1-2-12/h3,6,9,12,14,18H,1-2,4-5,7-8,10-11H2,(H2,22,27)(H,23,28)/t18-/m1/s1. The number of carbonyl (C=O) groups excluding carboxylic acids is 3. The molecule has 1 saturated heterocycles. The molecule has 3 aliphatic rings. The summed E-state index contributed by atoms with van der Waals surface area (Å²) in [4.78, 5) is 40.0. The molecule has 1 aromatic carbocycles. The van der Waals surface area contributed by atoms with Crippen LogP contribution in [0.3, 0.4) is 0 Å². The average molecular weight is 404 g/mol. The first kappa shape index (κ1) is 19.8. The van der Waals surface area contributed by atoms with Crippen molar-refractivity contribution in [3.8, 4) is 0 Å². The number of amides is 3. The highest BCUT2D eigenvalue weighted by Gasteiger charge is 2.42. The second kappa shape index (κ2) is 8.08.